The number of likely N-dealkylation sites (tertiary alicyclic amines) is 1. The molecule has 0 aromatic heterocycles. The molecule has 1 unspecified atom stereocenters. The fourth-order valence-corrected chi connectivity index (χ4v) is 2.42. The lowest BCUT2D eigenvalue weighted by molar-refractivity contribution is 0.0498. The van der Waals surface area contributed by atoms with Gasteiger partial charge in [-0.3, -0.25) is 4.79 Å². The highest BCUT2D eigenvalue weighted by atomic mass is 19.1. The average molecular weight is 251 g/mol. The summed E-state index contributed by atoms with van der Waals surface area (Å²) in [5, 5.41) is 9.29. The first-order valence-electron chi connectivity index (χ1n) is 6.31. The number of carbonyl (C=O) groups is 1. The highest BCUT2D eigenvalue weighted by Crippen LogP contribution is 2.21. The smallest absolute Gasteiger partial charge is 0.257 e. The number of hydrogen-bond donors (Lipinski definition) is 1. The Balaban J connectivity index is 2.26. The minimum absolute atomic E-state index is 0.0564. The average Bonchev–Trinajstić information content (AvgIpc) is 2.40. The molecule has 1 atom stereocenters. The van der Waals surface area contributed by atoms with Crippen molar-refractivity contribution in [2.24, 2.45) is 0 Å². The van der Waals surface area contributed by atoms with Gasteiger partial charge in [-0.1, -0.05) is 11.6 Å². The van der Waals surface area contributed by atoms with Crippen molar-refractivity contribution in [1.29, 1.82) is 0 Å². The van der Waals surface area contributed by atoms with Crippen molar-refractivity contribution in [3.05, 3.63) is 35.1 Å². The summed E-state index contributed by atoms with van der Waals surface area (Å²) in [6, 6.07) is 4.36. The second kappa shape index (κ2) is 5.48. The Morgan fingerprint density at radius 3 is 3.00 bits per heavy atom. The molecule has 1 N–H and O–H groups in total. The standard InChI is InChI=1S/C14H18FNO2/c1-10-5-6-13(15)12(8-10)14(18)16-7-3-2-4-11(16)9-17/h5-6,8,11,17H,2-4,7,9H2,1H3. The van der Waals surface area contributed by atoms with Gasteiger partial charge in [-0.25, -0.2) is 4.39 Å². The third-order valence-corrected chi connectivity index (χ3v) is 3.45. The zero-order valence-electron chi connectivity index (χ0n) is 10.5. The predicted octanol–water partition coefficient (Wildman–Crippen LogP) is 2.12. The number of carbonyl (C=O) groups excluding carboxylic acids is 1. The van der Waals surface area contributed by atoms with E-state index in [-0.39, 0.29) is 24.1 Å². The van der Waals surface area contributed by atoms with Gasteiger partial charge in [0, 0.05) is 6.54 Å². The molecule has 0 aliphatic carbocycles. The Morgan fingerprint density at radius 1 is 1.50 bits per heavy atom. The Bertz CT molecular complexity index is 447. The Labute approximate surface area is 106 Å². The number of aliphatic hydroxyl groups is 1. The van der Waals surface area contributed by atoms with Crippen molar-refractivity contribution in [3.63, 3.8) is 0 Å². The van der Waals surface area contributed by atoms with Crippen LogP contribution in [0.15, 0.2) is 18.2 Å². The molecule has 3 nitrogen and oxygen atoms in total. The number of amides is 1. The van der Waals surface area contributed by atoms with Crippen LogP contribution >= 0.6 is 0 Å². The van der Waals surface area contributed by atoms with Crippen LogP contribution < -0.4 is 0 Å². The number of benzene rings is 1. The van der Waals surface area contributed by atoms with Gasteiger partial charge in [-0.2, -0.15) is 0 Å². The van der Waals surface area contributed by atoms with E-state index < -0.39 is 5.82 Å². The summed E-state index contributed by atoms with van der Waals surface area (Å²) >= 11 is 0. The lowest BCUT2D eigenvalue weighted by Gasteiger charge is -2.34. The van der Waals surface area contributed by atoms with Gasteiger partial charge < -0.3 is 10.0 Å². The number of halogens is 1. The van der Waals surface area contributed by atoms with Crippen LogP contribution in [0.3, 0.4) is 0 Å². The van der Waals surface area contributed by atoms with E-state index in [1.165, 1.54) is 6.07 Å². The zero-order chi connectivity index (χ0) is 13.1. The summed E-state index contributed by atoms with van der Waals surface area (Å²) in [7, 11) is 0. The maximum absolute atomic E-state index is 13.7. The van der Waals surface area contributed by atoms with Gasteiger partial charge in [-0.05, 0) is 38.3 Å². The first kappa shape index (κ1) is 13.0. The lowest BCUT2D eigenvalue weighted by Crippen LogP contribution is -2.45. The summed E-state index contributed by atoms with van der Waals surface area (Å²) in [6.45, 7) is 2.37. The largest absolute Gasteiger partial charge is 0.394 e. The van der Waals surface area contributed by atoms with Gasteiger partial charge in [-0.15, -0.1) is 0 Å². The number of hydrogen-bond acceptors (Lipinski definition) is 2. The molecule has 1 aliphatic rings. The molecule has 1 heterocycles. The number of aliphatic hydroxyl groups excluding tert-OH is 1. The molecular formula is C14H18FNO2. The van der Waals surface area contributed by atoms with Crippen molar-refractivity contribution in [1.82, 2.24) is 4.90 Å². The number of nitrogens with zero attached hydrogens (tertiary/aromatic N) is 1. The zero-order valence-corrected chi connectivity index (χ0v) is 10.5. The third kappa shape index (κ3) is 2.53. The molecule has 0 saturated carbocycles. The fourth-order valence-electron chi connectivity index (χ4n) is 2.42. The first-order valence-corrected chi connectivity index (χ1v) is 6.31. The van der Waals surface area contributed by atoms with Crippen LogP contribution in [-0.2, 0) is 0 Å². The maximum atomic E-state index is 13.7. The molecule has 0 radical (unpaired) electrons. The van der Waals surface area contributed by atoms with Crippen LogP contribution in [0.25, 0.3) is 0 Å². The summed E-state index contributed by atoms with van der Waals surface area (Å²) in [5.41, 5.74) is 0.965. The summed E-state index contributed by atoms with van der Waals surface area (Å²) in [5.74, 6) is -0.803. The predicted molar refractivity (Wildman–Crippen MR) is 66.9 cm³/mol. The van der Waals surface area contributed by atoms with Crippen LogP contribution in [0.1, 0.15) is 35.2 Å². The summed E-state index contributed by atoms with van der Waals surface area (Å²) in [4.78, 5) is 13.9. The van der Waals surface area contributed by atoms with Crippen molar-refractivity contribution in [2.45, 2.75) is 32.2 Å². The van der Waals surface area contributed by atoms with Crippen molar-refractivity contribution < 1.29 is 14.3 Å². The Hall–Kier alpha value is -1.42. The monoisotopic (exact) mass is 251 g/mol. The molecule has 1 aromatic carbocycles. The van der Waals surface area contributed by atoms with Crippen molar-refractivity contribution >= 4 is 5.91 Å². The third-order valence-electron chi connectivity index (χ3n) is 3.45. The molecule has 1 fully saturated rings. The lowest BCUT2D eigenvalue weighted by atomic mass is 10.0. The second-order valence-electron chi connectivity index (χ2n) is 4.81. The van der Waals surface area contributed by atoms with Gasteiger partial charge in [0.2, 0.25) is 0 Å². The molecular weight excluding hydrogens is 233 g/mol. The van der Waals surface area contributed by atoms with Crippen LogP contribution in [0.2, 0.25) is 0 Å². The molecule has 1 saturated heterocycles. The molecule has 0 spiro atoms. The van der Waals surface area contributed by atoms with E-state index in [2.05, 4.69) is 0 Å². The van der Waals surface area contributed by atoms with Gasteiger partial charge in [0.05, 0.1) is 18.2 Å². The van der Waals surface area contributed by atoms with Crippen molar-refractivity contribution in [3.8, 4) is 0 Å². The molecule has 18 heavy (non-hydrogen) atoms. The Kier molecular flexibility index (Phi) is 3.97. The van der Waals surface area contributed by atoms with E-state index in [4.69, 9.17) is 0 Å². The number of aryl methyl sites for hydroxylation is 1. The summed E-state index contributed by atoms with van der Waals surface area (Å²) in [6.07, 6.45) is 2.71. The van der Waals surface area contributed by atoms with E-state index in [1.54, 1.807) is 17.0 Å². The maximum Gasteiger partial charge on any atom is 0.257 e. The van der Waals surface area contributed by atoms with Crippen LogP contribution in [0.5, 0.6) is 0 Å². The highest BCUT2D eigenvalue weighted by Gasteiger charge is 2.28. The molecule has 2 rings (SSSR count). The quantitative estimate of drug-likeness (QED) is 0.874. The van der Waals surface area contributed by atoms with Crippen LogP contribution in [0.4, 0.5) is 4.39 Å². The van der Waals surface area contributed by atoms with Gasteiger partial charge >= 0.3 is 0 Å². The van der Waals surface area contributed by atoms with Gasteiger partial charge in [0.25, 0.3) is 5.91 Å². The minimum atomic E-state index is -0.493. The molecule has 98 valence electrons. The van der Waals surface area contributed by atoms with Crippen LogP contribution in [0, 0.1) is 12.7 Å². The number of rotatable bonds is 2. The SMILES string of the molecule is Cc1ccc(F)c(C(=O)N2CCCCC2CO)c1. The van der Waals surface area contributed by atoms with E-state index in [0.717, 1.165) is 24.8 Å². The molecule has 1 amide bonds. The highest BCUT2D eigenvalue weighted by molar-refractivity contribution is 5.95. The topological polar surface area (TPSA) is 40.5 Å². The second-order valence-corrected chi connectivity index (χ2v) is 4.81. The van der Waals surface area contributed by atoms with E-state index in [9.17, 15) is 14.3 Å². The minimum Gasteiger partial charge on any atom is -0.394 e. The van der Waals surface area contributed by atoms with Gasteiger partial charge in [0.1, 0.15) is 5.82 Å². The normalized spacial score (nSPS) is 19.9. The molecule has 1 aromatic rings. The summed E-state index contributed by atoms with van der Waals surface area (Å²) < 4.78 is 13.7. The van der Waals surface area contributed by atoms with E-state index in [0.29, 0.717) is 6.54 Å². The van der Waals surface area contributed by atoms with Crippen LogP contribution in [-0.4, -0.2) is 35.1 Å². The van der Waals surface area contributed by atoms with E-state index >= 15 is 0 Å². The van der Waals surface area contributed by atoms with E-state index in [1.807, 2.05) is 6.92 Å². The molecule has 4 heteroatoms. The van der Waals surface area contributed by atoms with Gasteiger partial charge in [0.15, 0.2) is 0 Å². The first-order chi connectivity index (χ1) is 8.63. The molecule has 0 bridgehead atoms. The Morgan fingerprint density at radius 2 is 2.28 bits per heavy atom. The number of piperidine rings is 1. The molecule has 1 aliphatic heterocycles. The van der Waals surface area contributed by atoms with Crippen molar-refractivity contribution in [2.75, 3.05) is 13.2 Å². The fraction of sp³-hybridized carbons (Fsp3) is 0.500.